The van der Waals surface area contributed by atoms with E-state index < -0.39 is 106 Å². The van der Waals surface area contributed by atoms with Gasteiger partial charge in [0.05, 0.1) is 39.1 Å². The molecule has 2 fully saturated rings. The first-order valence-electron chi connectivity index (χ1n) is 18.4. The zero-order valence-corrected chi connectivity index (χ0v) is 31.4. The molecule has 0 saturated carbocycles. The van der Waals surface area contributed by atoms with Gasteiger partial charge < -0.3 is 98.5 Å². The molecular weight excluding hydrogens is 780 g/mol. The van der Waals surface area contributed by atoms with Crippen LogP contribution in [-0.2, 0) is 20.6 Å². The van der Waals surface area contributed by atoms with Crippen molar-refractivity contribution in [2.24, 2.45) is 0 Å². The summed E-state index contributed by atoms with van der Waals surface area (Å²) in [6.45, 7) is -2.14. The highest BCUT2D eigenvalue weighted by Crippen LogP contribution is 2.43. The first-order valence-corrected chi connectivity index (χ1v) is 18.4. The van der Waals surface area contributed by atoms with Gasteiger partial charge in [0.1, 0.15) is 91.6 Å². The minimum Gasteiger partial charge on any atom is -0.491 e. The van der Waals surface area contributed by atoms with Gasteiger partial charge in [-0.25, -0.2) is 0 Å². The molecule has 2 aromatic carbocycles. The van der Waals surface area contributed by atoms with Crippen molar-refractivity contribution in [1.82, 2.24) is 0 Å². The molecule has 0 radical (unpaired) electrons. The smallest absolute Gasteiger partial charge is 0.239 e. The zero-order chi connectivity index (χ0) is 42.1. The summed E-state index contributed by atoms with van der Waals surface area (Å²) in [4.78, 5) is 14.8. The Morgan fingerprint density at radius 2 is 1.22 bits per heavy atom. The fourth-order valence-corrected chi connectivity index (χ4v) is 6.36. The van der Waals surface area contributed by atoms with Gasteiger partial charge in [-0.1, -0.05) is 0 Å². The molecule has 3 aromatic rings. The van der Waals surface area contributed by atoms with Crippen LogP contribution >= 0.6 is 0 Å². The van der Waals surface area contributed by atoms with Crippen molar-refractivity contribution in [2.75, 3.05) is 66.1 Å². The molecule has 324 valence electrons. The fraction of sp³-hybridized carbons (Fsp3) is 0.595. The van der Waals surface area contributed by atoms with Gasteiger partial charge in [-0.15, -0.1) is 0 Å². The van der Waals surface area contributed by atoms with Crippen molar-refractivity contribution in [3.8, 4) is 40.1 Å². The molecule has 11 N–H and O–H groups in total. The van der Waals surface area contributed by atoms with Crippen LogP contribution in [0, 0.1) is 0 Å². The lowest BCUT2D eigenvalue weighted by Gasteiger charge is -2.42. The maximum Gasteiger partial charge on any atom is 0.239 e. The Bertz CT molecular complexity index is 1840. The number of hydrogen-bond acceptors (Lipinski definition) is 21. The molecule has 21 nitrogen and oxygen atoms in total. The summed E-state index contributed by atoms with van der Waals surface area (Å²) >= 11 is 0. The second kappa shape index (κ2) is 20.9. The molecule has 2 aliphatic heterocycles. The van der Waals surface area contributed by atoms with Crippen molar-refractivity contribution in [1.29, 1.82) is 0 Å². The van der Waals surface area contributed by atoms with E-state index in [4.69, 9.17) is 42.3 Å². The number of aliphatic hydroxyl groups excluding tert-OH is 11. The van der Waals surface area contributed by atoms with Crippen LogP contribution in [0.5, 0.6) is 28.7 Å². The van der Waals surface area contributed by atoms with Crippen LogP contribution in [0.4, 0.5) is 0 Å². The standard InChI is InChI=1S/C37H50O21/c1-17-26(43)29(46)31(48)36(55-17)54-16-24-27(44)30(47)32(49)37(57-24)58-35-28(45)25-23(15-21(51-11-7-40)19(4-5-38)34(25)53-13-9-42)56-33(35)18-2-3-20(50-10-6-39)22(14-18)52-12-8-41/h2-3,14-15,17,24,26-27,29-32,36-44,46-49H,4-13,16H2,1H3/t17-,24+,26-,27+,29+,30-,31+,32+,36+,37-/m1/s1. The largest absolute Gasteiger partial charge is 0.491 e. The number of ether oxygens (including phenoxy) is 8. The van der Waals surface area contributed by atoms with Crippen LogP contribution in [0.15, 0.2) is 33.5 Å². The second-order valence-corrected chi connectivity index (χ2v) is 13.2. The Hall–Kier alpha value is -3.91. The molecule has 0 spiro atoms. The Balaban J connectivity index is 1.64. The minimum absolute atomic E-state index is 0.0368. The molecule has 21 heteroatoms. The Labute approximate surface area is 330 Å². The third-order valence-corrected chi connectivity index (χ3v) is 9.25. The molecule has 5 rings (SSSR count). The number of aliphatic hydroxyl groups is 11. The van der Waals surface area contributed by atoms with Crippen LogP contribution in [-0.4, -0.2) is 184 Å². The zero-order valence-electron chi connectivity index (χ0n) is 31.4. The van der Waals surface area contributed by atoms with Gasteiger partial charge in [0.2, 0.25) is 17.5 Å². The van der Waals surface area contributed by atoms with Crippen LogP contribution in [0.25, 0.3) is 22.3 Å². The number of benzene rings is 2. The van der Waals surface area contributed by atoms with Gasteiger partial charge in [-0.05, 0) is 25.1 Å². The van der Waals surface area contributed by atoms with E-state index in [0.29, 0.717) is 0 Å². The van der Waals surface area contributed by atoms with Crippen molar-refractivity contribution in [3.05, 3.63) is 40.1 Å². The average molecular weight is 831 g/mol. The summed E-state index contributed by atoms with van der Waals surface area (Å²) in [6.07, 6.45) is -16.7. The van der Waals surface area contributed by atoms with E-state index in [9.17, 15) is 61.0 Å². The van der Waals surface area contributed by atoms with Gasteiger partial charge in [-0.3, -0.25) is 4.79 Å². The second-order valence-electron chi connectivity index (χ2n) is 13.2. The highest BCUT2D eigenvalue weighted by molar-refractivity contribution is 5.90. The van der Waals surface area contributed by atoms with Crippen LogP contribution < -0.4 is 29.1 Å². The predicted molar refractivity (Wildman–Crippen MR) is 195 cm³/mol. The molecule has 3 heterocycles. The Kier molecular flexibility index (Phi) is 16.3. The topological polar surface area (TPSA) is 327 Å². The summed E-state index contributed by atoms with van der Waals surface area (Å²) in [7, 11) is 0. The third-order valence-electron chi connectivity index (χ3n) is 9.25. The monoisotopic (exact) mass is 830 g/mol. The summed E-state index contributed by atoms with van der Waals surface area (Å²) in [6, 6.07) is 5.52. The molecule has 0 unspecified atom stereocenters. The molecular formula is C37H50O21. The van der Waals surface area contributed by atoms with Gasteiger partial charge in [0.25, 0.3) is 0 Å². The van der Waals surface area contributed by atoms with Gasteiger partial charge in [-0.2, -0.15) is 0 Å². The number of hydrogen-bond donors (Lipinski definition) is 11. The molecule has 10 atom stereocenters. The Morgan fingerprint density at radius 3 is 1.88 bits per heavy atom. The fourth-order valence-electron chi connectivity index (χ4n) is 6.36. The Morgan fingerprint density at radius 1 is 0.621 bits per heavy atom. The molecule has 0 bridgehead atoms. The first kappa shape index (κ1) is 45.2. The molecule has 0 aliphatic carbocycles. The molecule has 0 amide bonds. The van der Waals surface area contributed by atoms with E-state index in [1.54, 1.807) is 0 Å². The van der Waals surface area contributed by atoms with E-state index in [1.807, 2.05) is 0 Å². The van der Waals surface area contributed by atoms with Crippen LogP contribution in [0.3, 0.4) is 0 Å². The van der Waals surface area contributed by atoms with E-state index in [0.717, 1.165) is 0 Å². The quantitative estimate of drug-likeness (QED) is 0.0526. The van der Waals surface area contributed by atoms with E-state index in [2.05, 4.69) is 0 Å². The van der Waals surface area contributed by atoms with Crippen molar-refractivity contribution >= 4 is 11.0 Å². The van der Waals surface area contributed by atoms with E-state index in [-0.39, 0.29) is 90.3 Å². The van der Waals surface area contributed by atoms with Gasteiger partial charge >= 0.3 is 0 Å². The summed E-state index contributed by atoms with van der Waals surface area (Å²) in [5, 5.41) is 111. The van der Waals surface area contributed by atoms with Gasteiger partial charge in [0.15, 0.2) is 23.5 Å². The highest BCUT2D eigenvalue weighted by atomic mass is 16.7. The maximum atomic E-state index is 14.8. The van der Waals surface area contributed by atoms with Crippen molar-refractivity contribution in [2.45, 2.75) is 74.8 Å². The third kappa shape index (κ3) is 9.92. The lowest BCUT2D eigenvalue weighted by atomic mass is 9.98. The first-order chi connectivity index (χ1) is 27.9. The van der Waals surface area contributed by atoms with Crippen LogP contribution in [0.2, 0.25) is 0 Å². The van der Waals surface area contributed by atoms with Gasteiger partial charge in [0, 0.05) is 30.2 Å². The highest BCUT2D eigenvalue weighted by Gasteiger charge is 2.48. The summed E-state index contributed by atoms with van der Waals surface area (Å²) in [5.41, 5.74) is -0.887. The van der Waals surface area contributed by atoms with Crippen molar-refractivity contribution < 1.29 is 98.5 Å². The maximum absolute atomic E-state index is 14.8. The molecule has 58 heavy (non-hydrogen) atoms. The summed E-state index contributed by atoms with van der Waals surface area (Å²) < 4.78 is 51.9. The summed E-state index contributed by atoms with van der Waals surface area (Å²) in [5.74, 6) is -0.935. The lowest BCUT2D eigenvalue weighted by Crippen LogP contribution is -2.61. The molecule has 2 aliphatic rings. The molecule has 1 aromatic heterocycles. The average Bonchev–Trinajstić information content (AvgIpc) is 3.22. The predicted octanol–water partition coefficient (Wildman–Crippen LogP) is -3.49. The van der Waals surface area contributed by atoms with E-state index in [1.165, 1.54) is 31.2 Å². The van der Waals surface area contributed by atoms with E-state index >= 15 is 0 Å². The lowest BCUT2D eigenvalue weighted by molar-refractivity contribution is -0.318. The number of fused-ring (bicyclic) bond motifs is 1. The van der Waals surface area contributed by atoms with Crippen LogP contribution in [0.1, 0.15) is 12.5 Å². The number of rotatable bonds is 20. The minimum atomic E-state index is -2.02. The molecule has 2 saturated heterocycles. The normalized spacial score (nSPS) is 27.4. The van der Waals surface area contributed by atoms with Crippen molar-refractivity contribution in [3.63, 3.8) is 0 Å². The SMILES string of the molecule is C[C@H]1O[C@H](OC[C@@H]2O[C@H](Oc3c(-c4ccc(OCCO)c(OCCO)c4)oc4cc(OCCO)c(CCO)c(OCCO)c4c3=O)[C@@H](O)[C@H](O)[C@H]2O)[C@@H](O)[C@@H](O)[C@@H]1O.